The molecule has 3 atom stereocenters. The number of hydrogen-bond donors (Lipinski definition) is 2. The van der Waals surface area contributed by atoms with Crippen LogP contribution in [0.25, 0.3) is 0 Å². The SMILES string of the molecule is COc1ccccc1COCCCOc1ccc(C2C(O)CN(C(=O)O)CC2OCc2cccnc2)cc1. The number of aromatic nitrogens is 1. The number of carboxylic acid groups (broad SMARTS) is 1. The van der Waals surface area contributed by atoms with Gasteiger partial charge in [-0.05, 0) is 35.4 Å². The van der Waals surface area contributed by atoms with E-state index < -0.39 is 18.3 Å². The molecule has 0 aliphatic carbocycles. The van der Waals surface area contributed by atoms with E-state index in [-0.39, 0.29) is 25.6 Å². The van der Waals surface area contributed by atoms with Crippen molar-refractivity contribution in [3.05, 3.63) is 89.7 Å². The van der Waals surface area contributed by atoms with Crippen LogP contribution in [0, 0.1) is 0 Å². The first-order chi connectivity index (χ1) is 18.5. The van der Waals surface area contributed by atoms with Crippen LogP contribution in [0.2, 0.25) is 0 Å². The molecule has 2 heterocycles. The normalized spacial score (nSPS) is 19.2. The van der Waals surface area contributed by atoms with E-state index in [0.717, 1.165) is 28.9 Å². The lowest BCUT2D eigenvalue weighted by Crippen LogP contribution is -2.53. The van der Waals surface area contributed by atoms with Crippen molar-refractivity contribution in [1.29, 1.82) is 0 Å². The molecule has 1 fully saturated rings. The number of benzene rings is 2. The van der Waals surface area contributed by atoms with Gasteiger partial charge in [0.2, 0.25) is 0 Å². The van der Waals surface area contributed by atoms with Gasteiger partial charge in [-0.1, -0.05) is 36.4 Å². The lowest BCUT2D eigenvalue weighted by molar-refractivity contribution is -0.0660. The molecule has 9 nitrogen and oxygen atoms in total. The van der Waals surface area contributed by atoms with Crippen molar-refractivity contribution >= 4 is 6.09 Å². The van der Waals surface area contributed by atoms with Crippen LogP contribution in [-0.4, -0.2) is 71.8 Å². The fraction of sp³-hybridized carbons (Fsp3) is 0.379. The van der Waals surface area contributed by atoms with Gasteiger partial charge in [0.05, 0.1) is 58.8 Å². The minimum Gasteiger partial charge on any atom is -0.496 e. The van der Waals surface area contributed by atoms with E-state index in [1.165, 1.54) is 4.90 Å². The smallest absolute Gasteiger partial charge is 0.407 e. The molecule has 0 radical (unpaired) electrons. The molecule has 1 amide bonds. The number of amides is 1. The minimum atomic E-state index is -1.08. The number of hydrogen-bond acceptors (Lipinski definition) is 7. The molecule has 38 heavy (non-hydrogen) atoms. The van der Waals surface area contributed by atoms with Gasteiger partial charge in [0.15, 0.2) is 0 Å². The second-order valence-corrected chi connectivity index (χ2v) is 9.13. The number of likely N-dealkylation sites (tertiary alicyclic amines) is 1. The highest BCUT2D eigenvalue weighted by Crippen LogP contribution is 2.32. The van der Waals surface area contributed by atoms with Crippen LogP contribution in [0.5, 0.6) is 11.5 Å². The number of pyridine rings is 1. The lowest BCUT2D eigenvalue weighted by Gasteiger charge is -2.40. The maximum absolute atomic E-state index is 11.6. The summed E-state index contributed by atoms with van der Waals surface area (Å²) < 4.78 is 23.1. The first-order valence-electron chi connectivity index (χ1n) is 12.6. The number of aliphatic hydroxyl groups excluding tert-OH is 1. The molecule has 4 rings (SSSR count). The second-order valence-electron chi connectivity index (χ2n) is 9.13. The van der Waals surface area contributed by atoms with Crippen molar-refractivity contribution in [2.45, 2.75) is 37.8 Å². The molecule has 1 saturated heterocycles. The molecule has 1 aromatic heterocycles. The molecule has 2 N–H and O–H groups in total. The number of para-hydroxylation sites is 1. The van der Waals surface area contributed by atoms with Crippen molar-refractivity contribution in [2.24, 2.45) is 0 Å². The standard InChI is InChI=1S/C29H34N2O7/c1-35-26-8-3-2-7-23(26)20-36-14-5-15-37-24-11-9-22(10-12-24)28-25(32)17-31(29(33)34)18-27(28)38-19-21-6-4-13-30-16-21/h2-4,6-13,16,25,27-28,32H,5,14-15,17-20H2,1H3,(H,33,34). The van der Waals surface area contributed by atoms with E-state index in [4.69, 9.17) is 18.9 Å². The van der Waals surface area contributed by atoms with Gasteiger partial charge < -0.3 is 34.1 Å². The maximum Gasteiger partial charge on any atom is 0.407 e. The zero-order valence-electron chi connectivity index (χ0n) is 21.4. The number of aliphatic hydroxyl groups is 1. The number of ether oxygens (including phenoxy) is 4. The Kier molecular flexibility index (Phi) is 9.91. The van der Waals surface area contributed by atoms with Gasteiger partial charge in [-0.15, -0.1) is 0 Å². The summed E-state index contributed by atoms with van der Waals surface area (Å²) in [6.45, 7) is 2.01. The van der Waals surface area contributed by atoms with Crippen molar-refractivity contribution in [3.63, 3.8) is 0 Å². The van der Waals surface area contributed by atoms with Gasteiger partial charge in [-0.3, -0.25) is 4.98 Å². The van der Waals surface area contributed by atoms with E-state index in [9.17, 15) is 15.0 Å². The molecule has 202 valence electrons. The van der Waals surface area contributed by atoms with Crippen LogP contribution >= 0.6 is 0 Å². The van der Waals surface area contributed by atoms with Crippen LogP contribution in [-0.2, 0) is 22.7 Å². The molecule has 0 spiro atoms. The van der Waals surface area contributed by atoms with Crippen LogP contribution < -0.4 is 9.47 Å². The highest BCUT2D eigenvalue weighted by atomic mass is 16.5. The Morgan fingerprint density at radius 1 is 1.03 bits per heavy atom. The highest BCUT2D eigenvalue weighted by Gasteiger charge is 2.39. The summed E-state index contributed by atoms with van der Waals surface area (Å²) in [5.74, 6) is 1.15. The van der Waals surface area contributed by atoms with E-state index in [2.05, 4.69) is 4.98 Å². The maximum atomic E-state index is 11.6. The molecular formula is C29H34N2O7. The zero-order chi connectivity index (χ0) is 26.7. The summed E-state index contributed by atoms with van der Waals surface area (Å²) in [6.07, 6.45) is 1.63. The van der Waals surface area contributed by atoms with Gasteiger partial charge in [0, 0.05) is 30.3 Å². The first-order valence-corrected chi connectivity index (χ1v) is 12.6. The third kappa shape index (κ3) is 7.44. The molecular weight excluding hydrogens is 488 g/mol. The lowest BCUT2D eigenvalue weighted by atomic mass is 9.84. The highest BCUT2D eigenvalue weighted by molar-refractivity contribution is 5.65. The predicted octanol–water partition coefficient (Wildman–Crippen LogP) is 4.10. The largest absolute Gasteiger partial charge is 0.496 e. The zero-order valence-corrected chi connectivity index (χ0v) is 21.4. The van der Waals surface area contributed by atoms with Crippen LogP contribution in [0.4, 0.5) is 4.79 Å². The van der Waals surface area contributed by atoms with Crippen LogP contribution in [0.15, 0.2) is 73.1 Å². The topological polar surface area (TPSA) is 111 Å². The second kappa shape index (κ2) is 13.8. The summed E-state index contributed by atoms with van der Waals surface area (Å²) >= 11 is 0. The summed E-state index contributed by atoms with van der Waals surface area (Å²) in [7, 11) is 1.65. The Balaban J connectivity index is 1.29. The van der Waals surface area contributed by atoms with Crippen LogP contribution in [0.3, 0.4) is 0 Å². The number of methoxy groups -OCH3 is 1. The summed E-state index contributed by atoms with van der Waals surface area (Å²) in [5, 5.41) is 20.4. The number of nitrogens with zero attached hydrogens (tertiary/aromatic N) is 2. The van der Waals surface area contributed by atoms with E-state index >= 15 is 0 Å². The van der Waals surface area contributed by atoms with Gasteiger partial charge in [0.1, 0.15) is 11.5 Å². The Hall–Kier alpha value is -3.66. The summed E-state index contributed by atoms with van der Waals surface area (Å²) in [5.41, 5.74) is 2.75. The number of carbonyl (C=O) groups is 1. The van der Waals surface area contributed by atoms with E-state index in [1.54, 1.807) is 19.5 Å². The van der Waals surface area contributed by atoms with Gasteiger partial charge >= 0.3 is 6.09 Å². The fourth-order valence-electron chi connectivity index (χ4n) is 4.57. The molecule has 3 aromatic rings. The Morgan fingerprint density at radius 2 is 1.84 bits per heavy atom. The van der Waals surface area contributed by atoms with Crippen molar-refractivity contribution in [1.82, 2.24) is 9.88 Å². The third-order valence-electron chi connectivity index (χ3n) is 6.50. The Bertz CT molecular complexity index is 1140. The van der Waals surface area contributed by atoms with E-state index in [1.807, 2.05) is 60.7 Å². The average Bonchev–Trinajstić information content (AvgIpc) is 2.94. The number of piperidine rings is 1. The predicted molar refractivity (Wildman–Crippen MR) is 140 cm³/mol. The molecule has 0 saturated carbocycles. The summed E-state index contributed by atoms with van der Waals surface area (Å²) in [4.78, 5) is 16.9. The quantitative estimate of drug-likeness (QED) is 0.342. The first kappa shape index (κ1) is 27.4. The molecule has 9 heteroatoms. The minimum absolute atomic E-state index is 0.0276. The van der Waals surface area contributed by atoms with Crippen LogP contribution in [0.1, 0.15) is 29.0 Å². The van der Waals surface area contributed by atoms with Gasteiger partial charge in [0.25, 0.3) is 0 Å². The van der Waals surface area contributed by atoms with Crippen molar-refractivity contribution in [2.75, 3.05) is 33.4 Å². The number of β-amino-alcohol motifs (C(OH)–C–C–N with tert-alkyl or cyclic N) is 1. The van der Waals surface area contributed by atoms with Gasteiger partial charge in [-0.2, -0.15) is 0 Å². The van der Waals surface area contributed by atoms with Crippen molar-refractivity contribution < 1.29 is 34.0 Å². The molecule has 2 aromatic carbocycles. The molecule has 0 bridgehead atoms. The fourth-order valence-corrected chi connectivity index (χ4v) is 4.57. The van der Waals surface area contributed by atoms with Crippen molar-refractivity contribution in [3.8, 4) is 11.5 Å². The monoisotopic (exact) mass is 522 g/mol. The Morgan fingerprint density at radius 3 is 2.58 bits per heavy atom. The molecule has 1 aliphatic rings. The number of rotatable bonds is 12. The van der Waals surface area contributed by atoms with E-state index in [0.29, 0.717) is 25.6 Å². The Labute approximate surface area is 222 Å². The molecule has 3 unspecified atom stereocenters. The average molecular weight is 523 g/mol. The third-order valence-corrected chi connectivity index (χ3v) is 6.50. The summed E-state index contributed by atoms with van der Waals surface area (Å²) in [6, 6.07) is 19.0. The van der Waals surface area contributed by atoms with Gasteiger partial charge in [-0.25, -0.2) is 4.79 Å². The molecule has 1 aliphatic heterocycles.